The van der Waals surface area contributed by atoms with Crippen molar-refractivity contribution in [3.8, 4) is 0 Å². The molecule has 5 heteroatoms. The molecule has 2 heterocycles. The highest BCUT2D eigenvalue weighted by molar-refractivity contribution is 6.02. The summed E-state index contributed by atoms with van der Waals surface area (Å²) in [5, 5.41) is 9.53. The summed E-state index contributed by atoms with van der Waals surface area (Å²) < 4.78 is 5.36. The van der Waals surface area contributed by atoms with Crippen LogP contribution in [0.1, 0.15) is 34.5 Å². The number of H-pyrrole nitrogens is 1. The first-order chi connectivity index (χ1) is 8.11. The van der Waals surface area contributed by atoms with Crippen molar-refractivity contribution >= 4 is 11.7 Å². The summed E-state index contributed by atoms with van der Waals surface area (Å²) in [7, 11) is 0. The Balaban J connectivity index is 2.14. The normalized spacial score (nSPS) is 10.5. The van der Waals surface area contributed by atoms with Crippen LogP contribution in [0, 0.1) is 13.8 Å². The number of hydrogen-bond donors (Lipinski definition) is 2. The molecule has 0 unspecified atom stereocenters. The van der Waals surface area contributed by atoms with E-state index in [0.717, 1.165) is 23.4 Å². The number of nitrogens with one attached hydrogen (secondary N) is 2. The highest BCUT2D eigenvalue weighted by atomic mass is 16.3. The van der Waals surface area contributed by atoms with Crippen molar-refractivity contribution in [2.75, 3.05) is 5.32 Å². The number of furan rings is 1. The Kier molecular flexibility index (Phi) is 2.99. The summed E-state index contributed by atoms with van der Waals surface area (Å²) in [4.78, 5) is 11.8. The lowest BCUT2D eigenvalue weighted by atomic mass is 10.3. The Morgan fingerprint density at radius 1 is 1.47 bits per heavy atom. The standard InChI is InChI=1S/C12H15N3O2/c1-4-9-5-6-10(17-9)12(16)13-11-7(2)8(3)14-15-11/h5-6H,4H2,1-3H3,(H2,13,14,15,16). The van der Waals surface area contributed by atoms with Gasteiger partial charge in [-0.1, -0.05) is 6.92 Å². The van der Waals surface area contributed by atoms with Gasteiger partial charge in [0.1, 0.15) is 5.76 Å². The van der Waals surface area contributed by atoms with Crippen LogP contribution >= 0.6 is 0 Å². The van der Waals surface area contributed by atoms with E-state index >= 15 is 0 Å². The second kappa shape index (κ2) is 4.45. The highest BCUT2D eigenvalue weighted by Crippen LogP contribution is 2.16. The van der Waals surface area contributed by atoms with E-state index in [1.165, 1.54) is 0 Å². The molecule has 0 saturated heterocycles. The van der Waals surface area contributed by atoms with Crippen LogP contribution in [-0.4, -0.2) is 16.1 Å². The van der Waals surface area contributed by atoms with Crippen LogP contribution in [0.3, 0.4) is 0 Å². The van der Waals surface area contributed by atoms with Crippen LogP contribution in [0.15, 0.2) is 16.5 Å². The lowest BCUT2D eigenvalue weighted by molar-refractivity contribution is 0.0994. The van der Waals surface area contributed by atoms with E-state index in [4.69, 9.17) is 4.42 Å². The van der Waals surface area contributed by atoms with E-state index in [-0.39, 0.29) is 5.91 Å². The number of aryl methyl sites for hydroxylation is 2. The number of anilines is 1. The fourth-order valence-corrected chi connectivity index (χ4v) is 1.47. The van der Waals surface area contributed by atoms with E-state index in [1.54, 1.807) is 12.1 Å². The van der Waals surface area contributed by atoms with Crippen LogP contribution in [0.25, 0.3) is 0 Å². The van der Waals surface area contributed by atoms with Crippen molar-refractivity contribution in [1.29, 1.82) is 0 Å². The van der Waals surface area contributed by atoms with Crippen LogP contribution in [-0.2, 0) is 6.42 Å². The van der Waals surface area contributed by atoms with Crippen LogP contribution < -0.4 is 5.32 Å². The van der Waals surface area contributed by atoms with Gasteiger partial charge in [-0.25, -0.2) is 0 Å². The zero-order valence-corrected chi connectivity index (χ0v) is 10.1. The van der Waals surface area contributed by atoms with E-state index in [9.17, 15) is 4.79 Å². The van der Waals surface area contributed by atoms with Crippen LogP contribution in [0.2, 0.25) is 0 Å². The Labute approximate surface area is 99.2 Å². The number of carbonyl (C=O) groups excluding carboxylic acids is 1. The Hall–Kier alpha value is -2.04. The number of nitrogens with zero attached hydrogens (tertiary/aromatic N) is 1. The van der Waals surface area contributed by atoms with Gasteiger partial charge in [0, 0.05) is 17.7 Å². The molecule has 1 amide bonds. The molecule has 90 valence electrons. The fraction of sp³-hybridized carbons (Fsp3) is 0.333. The Morgan fingerprint density at radius 2 is 2.24 bits per heavy atom. The third-order valence-corrected chi connectivity index (χ3v) is 2.72. The molecule has 0 radical (unpaired) electrons. The molecule has 0 bridgehead atoms. The quantitative estimate of drug-likeness (QED) is 0.855. The highest BCUT2D eigenvalue weighted by Gasteiger charge is 2.14. The van der Waals surface area contributed by atoms with Crippen molar-refractivity contribution in [2.45, 2.75) is 27.2 Å². The van der Waals surface area contributed by atoms with Gasteiger partial charge in [-0.2, -0.15) is 5.10 Å². The average Bonchev–Trinajstić information content (AvgIpc) is 2.91. The molecular formula is C12H15N3O2. The average molecular weight is 233 g/mol. The second-order valence-electron chi connectivity index (χ2n) is 3.90. The van der Waals surface area contributed by atoms with Gasteiger partial charge in [0.25, 0.3) is 5.91 Å². The molecule has 17 heavy (non-hydrogen) atoms. The first-order valence-electron chi connectivity index (χ1n) is 5.53. The fourth-order valence-electron chi connectivity index (χ4n) is 1.47. The number of aromatic nitrogens is 2. The van der Waals surface area contributed by atoms with Crippen molar-refractivity contribution in [3.63, 3.8) is 0 Å². The van der Waals surface area contributed by atoms with E-state index in [1.807, 2.05) is 20.8 Å². The zero-order valence-electron chi connectivity index (χ0n) is 10.1. The number of hydrogen-bond acceptors (Lipinski definition) is 3. The Morgan fingerprint density at radius 3 is 2.76 bits per heavy atom. The van der Waals surface area contributed by atoms with E-state index < -0.39 is 0 Å². The third kappa shape index (κ3) is 2.22. The summed E-state index contributed by atoms with van der Waals surface area (Å²) in [6.45, 7) is 5.77. The van der Waals surface area contributed by atoms with Crippen molar-refractivity contribution < 1.29 is 9.21 Å². The maximum atomic E-state index is 11.8. The van der Waals surface area contributed by atoms with Gasteiger partial charge < -0.3 is 9.73 Å². The van der Waals surface area contributed by atoms with E-state index in [2.05, 4.69) is 15.5 Å². The maximum Gasteiger partial charge on any atom is 0.292 e. The zero-order chi connectivity index (χ0) is 12.4. The minimum absolute atomic E-state index is 0.278. The van der Waals surface area contributed by atoms with Gasteiger partial charge in [-0.3, -0.25) is 9.89 Å². The molecule has 2 N–H and O–H groups in total. The summed E-state index contributed by atoms with van der Waals surface area (Å²) in [5.41, 5.74) is 1.87. The molecule has 0 aliphatic rings. The lowest BCUT2D eigenvalue weighted by Crippen LogP contribution is -2.12. The summed E-state index contributed by atoms with van der Waals surface area (Å²) >= 11 is 0. The number of carbonyl (C=O) groups is 1. The SMILES string of the molecule is CCc1ccc(C(=O)Nc2n[nH]c(C)c2C)o1. The molecule has 0 saturated carbocycles. The smallest absolute Gasteiger partial charge is 0.292 e. The number of aromatic amines is 1. The monoisotopic (exact) mass is 233 g/mol. The molecule has 0 fully saturated rings. The molecule has 0 aliphatic heterocycles. The first-order valence-corrected chi connectivity index (χ1v) is 5.53. The third-order valence-electron chi connectivity index (χ3n) is 2.72. The van der Waals surface area contributed by atoms with Gasteiger partial charge in [0.15, 0.2) is 11.6 Å². The molecule has 0 atom stereocenters. The number of amides is 1. The lowest BCUT2D eigenvalue weighted by Gasteiger charge is -2.00. The summed E-state index contributed by atoms with van der Waals surface area (Å²) in [6.07, 6.45) is 0.772. The maximum absolute atomic E-state index is 11.8. The molecule has 2 aromatic rings. The topological polar surface area (TPSA) is 70.9 Å². The second-order valence-corrected chi connectivity index (χ2v) is 3.90. The Bertz CT molecular complexity index is 540. The van der Waals surface area contributed by atoms with Crippen LogP contribution in [0.4, 0.5) is 5.82 Å². The van der Waals surface area contributed by atoms with Crippen LogP contribution in [0.5, 0.6) is 0 Å². The minimum atomic E-state index is -0.278. The molecule has 2 aromatic heterocycles. The van der Waals surface area contributed by atoms with Crippen molar-refractivity contribution in [1.82, 2.24) is 10.2 Å². The van der Waals surface area contributed by atoms with E-state index in [0.29, 0.717) is 11.6 Å². The number of rotatable bonds is 3. The summed E-state index contributed by atoms with van der Waals surface area (Å²) in [5.74, 6) is 1.37. The molecule has 2 rings (SSSR count). The van der Waals surface area contributed by atoms with Gasteiger partial charge >= 0.3 is 0 Å². The van der Waals surface area contributed by atoms with Gasteiger partial charge in [-0.15, -0.1) is 0 Å². The van der Waals surface area contributed by atoms with Gasteiger partial charge in [0.05, 0.1) is 0 Å². The predicted octanol–water partition coefficient (Wildman–Crippen LogP) is 2.43. The predicted molar refractivity (Wildman–Crippen MR) is 64.1 cm³/mol. The molecule has 0 aromatic carbocycles. The molecule has 0 aliphatic carbocycles. The van der Waals surface area contributed by atoms with Crippen molar-refractivity contribution in [2.24, 2.45) is 0 Å². The molecule has 5 nitrogen and oxygen atoms in total. The minimum Gasteiger partial charge on any atom is -0.456 e. The first kappa shape index (κ1) is 11.4. The van der Waals surface area contributed by atoms with Gasteiger partial charge in [-0.05, 0) is 26.0 Å². The van der Waals surface area contributed by atoms with Gasteiger partial charge in [0.2, 0.25) is 0 Å². The van der Waals surface area contributed by atoms with Crippen molar-refractivity contribution in [3.05, 3.63) is 34.9 Å². The summed E-state index contributed by atoms with van der Waals surface area (Å²) in [6, 6.07) is 3.47. The largest absolute Gasteiger partial charge is 0.456 e. The molecule has 0 spiro atoms. The molecular weight excluding hydrogens is 218 g/mol.